The SMILES string of the molecule is C=CCOCC1CC(C(C)=O)C(=O)O1. The van der Waals surface area contributed by atoms with E-state index in [1.807, 2.05) is 0 Å². The molecule has 1 aliphatic heterocycles. The molecule has 1 saturated heterocycles. The van der Waals surface area contributed by atoms with E-state index < -0.39 is 11.9 Å². The van der Waals surface area contributed by atoms with Gasteiger partial charge in [-0.2, -0.15) is 0 Å². The summed E-state index contributed by atoms with van der Waals surface area (Å²) in [5.74, 6) is -1.15. The van der Waals surface area contributed by atoms with Gasteiger partial charge in [0.25, 0.3) is 0 Å². The monoisotopic (exact) mass is 198 g/mol. The molecule has 2 unspecified atom stereocenters. The normalized spacial score (nSPS) is 25.9. The van der Waals surface area contributed by atoms with Crippen LogP contribution in [0.3, 0.4) is 0 Å². The lowest BCUT2D eigenvalue weighted by molar-refractivity contribution is -0.147. The van der Waals surface area contributed by atoms with E-state index in [4.69, 9.17) is 9.47 Å². The van der Waals surface area contributed by atoms with Gasteiger partial charge in [0, 0.05) is 6.42 Å². The summed E-state index contributed by atoms with van der Waals surface area (Å²) in [6, 6.07) is 0. The fraction of sp³-hybridized carbons (Fsp3) is 0.600. The Kier molecular flexibility index (Phi) is 3.83. The standard InChI is InChI=1S/C10H14O4/c1-3-4-13-6-8-5-9(7(2)11)10(12)14-8/h3,8-9H,1,4-6H2,2H3. The van der Waals surface area contributed by atoms with E-state index in [-0.39, 0.29) is 11.9 Å². The van der Waals surface area contributed by atoms with Crippen LogP contribution in [-0.4, -0.2) is 31.1 Å². The van der Waals surface area contributed by atoms with Crippen molar-refractivity contribution in [2.75, 3.05) is 13.2 Å². The van der Waals surface area contributed by atoms with E-state index >= 15 is 0 Å². The van der Waals surface area contributed by atoms with Crippen molar-refractivity contribution >= 4 is 11.8 Å². The lowest BCUT2D eigenvalue weighted by Crippen LogP contribution is -2.15. The molecule has 2 atom stereocenters. The molecule has 1 fully saturated rings. The van der Waals surface area contributed by atoms with Gasteiger partial charge in [0.2, 0.25) is 0 Å². The number of ether oxygens (including phenoxy) is 2. The molecular weight excluding hydrogens is 184 g/mol. The maximum Gasteiger partial charge on any atom is 0.316 e. The van der Waals surface area contributed by atoms with Crippen LogP contribution in [0.1, 0.15) is 13.3 Å². The van der Waals surface area contributed by atoms with Gasteiger partial charge < -0.3 is 9.47 Å². The van der Waals surface area contributed by atoms with Gasteiger partial charge in [-0.1, -0.05) is 6.08 Å². The number of Topliss-reactive ketones (excluding diaryl/α,β-unsaturated/α-hetero) is 1. The molecule has 4 heteroatoms. The van der Waals surface area contributed by atoms with Crippen molar-refractivity contribution in [3.63, 3.8) is 0 Å². The zero-order valence-corrected chi connectivity index (χ0v) is 8.19. The van der Waals surface area contributed by atoms with Crippen molar-refractivity contribution in [3.8, 4) is 0 Å². The molecule has 0 radical (unpaired) electrons. The number of ketones is 1. The highest BCUT2D eigenvalue weighted by Gasteiger charge is 2.37. The third-order valence-corrected chi connectivity index (χ3v) is 2.10. The second kappa shape index (κ2) is 4.91. The van der Waals surface area contributed by atoms with Crippen molar-refractivity contribution in [1.82, 2.24) is 0 Å². The van der Waals surface area contributed by atoms with Crippen molar-refractivity contribution in [3.05, 3.63) is 12.7 Å². The third kappa shape index (κ3) is 2.67. The number of carbonyl (C=O) groups is 2. The van der Waals surface area contributed by atoms with Gasteiger partial charge >= 0.3 is 5.97 Å². The first-order valence-electron chi connectivity index (χ1n) is 4.54. The second-order valence-electron chi connectivity index (χ2n) is 3.28. The molecule has 0 aromatic carbocycles. The molecule has 0 N–H and O–H groups in total. The number of hydrogen-bond donors (Lipinski definition) is 0. The molecule has 1 rings (SSSR count). The fourth-order valence-corrected chi connectivity index (χ4v) is 1.37. The van der Waals surface area contributed by atoms with E-state index in [1.54, 1.807) is 6.08 Å². The van der Waals surface area contributed by atoms with Gasteiger partial charge in [-0.15, -0.1) is 6.58 Å². The fourth-order valence-electron chi connectivity index (χ4n) is 1.37. The summed E-state index contributed by atoms with van der Waals surface area (Å²) in [6.45, 7) is 5.66. The molecule has 1 aliphatic rings. The van der Waals surface area contributed by atoms with Crippen molar-refractivity contribution < 1.29 is 19.1 Å². The van der Waals surface area contributed by atoms with Gasteiger partial charge in [0.15, 0.2) is 0 Å². The molecule has 14 heavy (non-hydrogen) atoms. The van der Waals surface area contributed by atoms with Gasteiger partial charge in [0.05, 0.1) is 13.2 Å². The van der Waals surface area contributed by atoms with Crippen LogP contribution in [0, 0.1) is 5.92 Å². The largest absolute Gasteiger partial charge is 0.459 e. The minimum atomic E-state index is -0.590. The van der Waals surface area contributed by atoms with Crippen LogP contribution in [0.2, 0.25) is 0 Å². The summed E-state index contributed by atoms with van der Waals surface area (Å²) in [6.07, 6.45) is 1.78. The smallest absolute Gasteiger partial charge is 0.316 e. The molecule has 0 aromatic rings. The number of hydrogen-bond acceptors (Lipinski definition) is 4. The van der Waals surface area contributed by atoms with Crippen LogP contribution in [0.25, 0.3) is 0 Å². The average molecular weight is 198 g/mol. The van der Waals surface area contributed by atoms with Crippen molar-refractivity contribution in [2.45, 2.75) is 19.4 Å². The molecule has 1 heterocycles. The Morgan fingerprint density at radius 3 is 3.00 bits per heavy atom. The summed E-state index contributed by atoms with van der Waals surface area (Å²) in [5.41, 5.74) is 0. The van der Waals surface area contributed by atoms with Crippen LogP contribution in [0.4, 0.5) is 0 Å². The summed E-state index contributed by atoms with van der Waals surface area (Å²) < 4.78 is 10.1. The highest BCUT2D eigenvalue weighted by Crippen LogP contribution is 2.22. The zero-order valence-electron chi connectivity index (χ0n) is 8.19. The number of carbonyl (C=O) groups excluding carboxylic acids is 2. The second-order valence-corrected chi connectivity index (χ2v) is 3.28. The Bertz CT molecular complexity index is 247. The first kappa shape index (κ1) is 10.9. The summed E-state index contributed by atoms with van der Waals surface area (Å²) in [4.78, 5) is 22.1. The predicted molar refractivity (Wildman–Crippen MR) is 49.7 cm³/mol. The molecule has 0 spiro atoms. The lowest BCUT2D eigenvalue weighted by atomic mass is 10.0. The van der Waals surface area contributed by atoms with Crippen LogP contribution in [0.15, 0.2) is 12.7 Å². The molecule has 0 saturated carbocycles. The molecule has 0 aromatic heterocycles. The van der Waals surface area contributed by atoms with E-state index in [0.29, 0.717) is 19.6 Å². The van der Waals surface area contributed by atoms with E-state index in [2.05, 4.69) is 6.58 Å². The van der Waals surface area contributed by atoms with Crippen molar-refractivity contribution in [1.29, 1.82) is 0 Å². The minimum Gasteiger partial charge on any atom is -0.459 e. The van der Waals surface area contributed by atoms with Crippen molar-refractivity contribution in [2.24, 2.45) is 5.92 Å². The van der Waals surface area contributed by atoms with E-state index in [1.165, 1.54) is 6.92 Å². The van der Waals surface area contributed by atoms with Gasteiger partial charge in [-0.05, 0) is 6.92 Å². The minimum absolute atomic E-state index is 0.138. The molecule has 0 aliphatic carbocycles. The Balaban J connectivity index is 2.35. The Morgan fingerprint density at radius 1 is 1.79 bits per heavy atom. The number of esters is 1. The molecular formula is C10H14O4. The quantitative estimate of drug-likeness (QED) is 0.282. The first-order chi connectivity index (χ1) is 6.65. The highest BCUT2D eigenvalue weighted by molar-refractivity contribution is 5.98. The Labute approximate surface area is 82.9 Å². The van der Waals surface area contributed by atoms with Gasteiger partial charge in [-0.25, -0.2) is 0 Å². The van der Waals surface area contributed by atoms with E-state index in [9.17, 15) is 9.59 Å². The summed E-state index contributed by atoms with van der Waals surface area (Å²) in [7, 11) is 0. The van der Waals surface area contributed by atoms with Crippen LogP contribution in [-0.2, 0) is 19.1 Å². The van der Waals surface area contributed by atoms with E-state index in [0.717, 1.165) is 0 Å². The summed E-state index contributed by atoms with van der Waals surface area (Å²) >= 11 is 0. The van der Waals surface area contributed by atoms with Gasteiger partial charge in [0.1, 0.15) is 17.8 Å². The highest BCUT2D eigenvalue weighted by atomic mass is 16.6. The topological polar surface area (TPSA) is 52.6 Å². The number of cyclic esters (lactones) is 1. The lowest BCUT2D eigenvalue weighted by Gasteiger charge is -2.07. The van der Waals surface area contributed by atoms with Crippen LogP contribution < -0.4 is 0 Å². The van der Waals surface area contributed by atoms with Crippen LogP contribution in [0.5, 0.6) is 0 Å². The Hall–Kier alpha value is -1.16. The maximum absolute atomic E-state index is 11.1. The molecule has 4 nitrogen and oxygen atoms in total. The summed E-state index contributed by atoms with van der Waals surface area (Å²) in [5, 5.41) is 0. The first-order valence-corrected chi connectivity index (χ1v) is 4.54. The number of rotatable bonds is 5. The molecule has 0 bridgehead atoms. The maximum atomic E-state index is 11.1. The van der Waals surface area contributed by atoms with Gasteiger partial charge in [-0.3, -0.25) is 9.59 Å². The predicted octanol–water partition coefficient (Wildman–Crippen LogP) is 0.710. The van der Waals surface area contributed by atoms with Crippen LogP contribution >= 0.6 is 0 Å². The average Bonchev–Trinajstić information content (AvgIpc) is 2.47. The zero-order chi connectivity index (χ0) is 10.6. The molecule has 0 amide bonds. The molecule has 78 valence electrons. The Morgan fingerprint density at radius 2 is 2.50 bits per heavy atom. The third-order valence-electron chi connectivity index (χ3n) is 2.10.